The van der Waals surface area contributed by atoms with Gasteiger partial charge >= 0.3 is 0 Å². The molecular formula is C25H35N7O2S. The van der Waals surface area contributed by atoms with Crippen molar-refractivity contribution in [3.8, 4) is 0 Å². The van der Waals surface area contributed by atoms with Gasteiger partial charge in [-0.1, -0.05) is 44.2 Å². The Labute approximate surface area is 208 Å². The Morgan fingerprint density at radius 2 is 1.94 bits per heavy atom. The number of rotatable bonds is 12. The van der Waals surface area contributed by atoms with Gasteiger partial charge in [-0.15, -0.1) is 0 Å². The highest BCUT2D eigenvalue weighted by Crippen LogP contribution is 2.19. The largest absolute Gasteiger partial charge is 0.327 e. The minimum atomic E-state index is -3.48. The van der Waals surface area contributed by atoms with Gasteiger partial charge in [0, 0.05) is 18.0 Å². The van der Waals surface area contributed by atoms with Gasteiger partial charge in [-0.3, -0.25) is 10.9 Å². The maximum Gasteiger partial charge on any atom is 0.212 e. The highest BCUT2D eigenvalue weighted by molar-refractivity contribution is 7.89. The molecule has 10 heteroatoms. The Hall–Kier alpha value is -2.95. The Kier molecular flexibility index (Phi) is 8.37. The van der Waals surface area contributed by atoms with Crippen molar-refractivity contribution < 1.29 is 8.42 Å². The second kappa shape index (κ2) is 11.7. The quantitative estimate of drug-likeness (QED) is 0.416. The Balaban J connectivity index is 1.48. The monoisotopic (exact) mass is 497 g/mol. The van der Waals surface area contributed by atoms with Gasteiger partial charge in [-0.2, -0.15) is 0 Å². The summed E-state index contributed by atoms with van der Waals surface area (Å²) >= 11 is 0. The first-order chi connectivity index (χ1) is 17.0. The lowest BCUT2D eigenvalue weighted by Gasteiger charge is -2.20. The summed E-state index contributed by atoms with van der Waals surface area (Å²) in [6.45, 7) is 7.44. The van der Waals surface area contributed by atoms with E-state index in [2.05, 4.69) is 51.4 Å². The number of hydrogen-bond acceptors (Lipinski definition) is 7. The summed E-state index contributed by atoms with van der Waals surface area (Å²) in [5.41, 5.74) is 8.42. The van der Waals surface area contributed by atoms with Crippen molar-refractivity contribution in [3.05, 3.63) is 71.6 Å². The van der Waals surface area contributed by atoms with Crippen LogP contribution in [0.25, 0.3) is 6.08 Å². The van der Waals surface area contributed by atoms with Crippen molar-refractivity contribution in [2.75, 3.05) is 25.4 Å². The van der Waals surface area contributed by atoms with Crippen LogP contribution < -0.4 is 15.6 Å². The summed E-state index contributed by atoms with van der Waals surface area (Å²) in [7, 11) is -3.48. The molecule has 188 valence electrons. The van der Waals surface area contributed by atoms with Crippen LogP contribution in [0.5, 0.6) is 0 Å². The zero-order valence-corrected chi connectivity index (χ0v) is 21.3. The van der Waals surface area contributed by atoms with Crippen LogP contribution in [0.4, 0.5) is 0 Å². The number of sulfonamides is 1. The summed E-state index contributed by atoms with van der Waals surface area (Å²) in [4.78, 5) is 11.3. The fraction of sp³-hybridized carbons (Fsp3) is 0.440. The van der Waals surface area contributed by atoms with Gasteiger partial charge in [0.2, 0.25) is 10.0 Å². The third-order valence-electron chi connectivity index (χ3n) is 6.37. The predicted octanol–water partition coefficient (Wildman–Crippen LogP) is 2.28. The van der Waals surface area contributed by atoms with Crippen LogP contribution in [0.15, 0.2) is 65.2 Å². The molecule has 35 heavy (non-hydrogen) atoms. The number of nitrogens with one attached hydrogen (secondary N) is 3. The van der Waals surface area contributed by atoms with Crippen molar-refractivity contribution in [3.63, 3.8) is 0 Å². The van der Waals surface area contributed by atoms with Gasteiger partial charge < -0.3 is 9.47 Å². The topological polar surface area (TPSA) is 104 Å². The van der Waals surface area contributed by atoms with E-state index in [1.54, 1.807) is 6.20 Å². The van der Waals surface area contributed by atoms with Crippen molar-refractivity contribution in [1.29, 1.82) is 0 Å². The molecule has 0 fully saturated rings. The summed E-state index contributed by atoms with van der Waals surface area (Å²) < 4.78 is 30.9. The summed E-state index contributed by atoms with van der Waals surface area (Å²) in [6, 6.07) is 9.62. The molecule has 1 atom stereocenters. The molecule has 0 spiro atoms. The van der Waals surface area contributed by atoms with E-state index in [0.29, 0.717) is 31.0 Å². The van der Waals surface area contributed by atoms with E-state index in [0.717, 1.165) is 43.0 Å². The third kappa shape index (κ3) is 6.81. The number of benzene rings is 1. The number of amidine groups is 1. The first kappa shape index (κ1) is 25.2. The molecule has 2 aromatic rings. The van der Waals surface area contributed by atoms with Crippen LogP contribution in [0.2, 0.25) is 0 Å². The molecule has 3 N–H and O–H groups in total. The number of aliphatic imine (C=N–C) groups is 1. The number of allylic oxidation sites excluding steroid dienone is 2. The van der Waals surface area contributed by atoms with E-state index in [-0.39, 0.29) is 5.75 Å². The molecule has 0 saturated heterocycles. The molecule has 9 nitrogen and oxygen atoms in total. The second-order valence-electron chi connectivity index (χ2n) is 8.76. The number of hydrazine groups is 1. The molecule has 0 bridgehead atoms. The fourth-order valence-corrected chi connectivity index (χ4v) is 5.59. The molecule has 4 rings (SSSR count). The number of fused-ring (bicyclic) bond motifs is 1. The molecule has 2 aliphatic rings. The lowest BCUT2D eigenvalue weighted by Crippen LogP contribution is -2.48. The maximum atomic E-state index is 13.0. The van der Waals surface area contributed by atoms with Gasteiger partial charge in [-0.25, -0.2) is 23.1 Å². The van der Waals surface area contributed by atoms with E-state index in [4.69, 9.17) is 4.99 Å². The van der Waals surface area contributed by atoms with E-state index in [1.165, 1.54) is 0 Å². The van der Waals surface area contributed by atoms with E-state index < -0.39 is 16.1 Å². The average Bonchev–Trinajstić information content (AvgIpc) is 3.54. The average molecular weight is 498 g/mol. The van der Waals surface area contributed by atoms with Crippen molar-refractivity contribution in [2.24, 2.45) is 4.99 Å². The summed E-state index contributed by atoms with van der Waals surface area (Å²) in [5, 5.41) is 0. The highest BCUT2D eigenvalue weighted by atomic mass is 32.2. The lowest BCUT2D eigenvalue weighted by atomic mass is 10.1. The number of imidazole rings is 1. The van der Waals surface area contributed by atoms with Crippen LogP contribution in [-0.4, -0.2) is 60.1 Å². The highest BCUT2D eigenvalue weighted by Gasteiger charge is 2.27. The Morgan fingerprint density at radius 3 is 2.71 bits per heavy atom. The normalized spacial score (nSPS) is 18.2. The zero-order chi connectivity index (χ0) is 24.7. The van der Waals surface area contributed by atoms with Crippen molar-refractivity contribution in [2.45, 2.75) is 45.7 Å². The third-order valence-corrected chi connectivity index (χ3v) is 7.84. The fourth-order valence-electron chi connectivity index (χ4n) is 4.30. The predicted molar refractivity (Wildman–Crippen MR) is 140 cm³/mol. The minimum Gasteiger partial charge on any atom is -0.327 e. The van der Waals surface area contributed by atoms with Crippen LogP contribution in [0.3, 0.4) is 0 Å². The number of aryl methyl sites for hydroxylation is 1. The molecular weight excluding hydrogens is 462 g/mol. The first-order valence-electron chi connectivity index (χ1n) is 12.3. The van der Waals surface area contributed by atoms with Crippen molar-refractivity contribution in [1.82, 2.24) is 30.0 Å². The van der Waals surface area contributed by atoms with Crippen LogP contribution in [0, 0.1) is 0 Å². The minimum absolute atomic E-state index is 0.0894. The maximum absolute atomic E-state index is 13.0. The van der Waals surface area contributed by atoms with Gasteiger partial charge in [-0.05, 0) is 56.6 Å². The Bertz CT molecular complexity index is 1180. The van der Waals surface area contributed by atoms with Gasteiger partial charge in [0.05, 0.1) is 18.3 Å². The molecule has 0 amide bonds. The van der Waals surface area contributed by atoms with Crippen LogP contribution >= 0.6 is 0 Å². The molecule has 3 heterocycles. The first-order valence-corrected chi connectivity index (χ1v) is 13.9. The van der Waals surface area contributed by atoms with Crippen molar-refractivity contribution >= 4 is 21.9 Å². The van der Waals surface area contributed by atoms with Gasteiger partial charge in [0.25, 0.3) is 0 Å². The van der Waals surface area contributed by atoms with Gasteiger partial charge in [0.1, 0.15) is 11.7 Å². The Morgan fingerprint density at radius 1 is 1.14 bits per heavy atom. The van der Waals surface area contributed by atoms with Gasteiger partial charge in [0.15, 0.2) is 5.82 Å². The van der Waals surface area contributed by atoms with Crippen LogP contribution in [-0.2, 0) is 23.0 Å². The molecule has 1 aromatic carbocycles. The SMILES string of the molecule is CCN(CC)CCCS(=O)(=O)N[C@H](CCc1ccccc1)C1=NC(=C2C=Cc3nccn3C2)NN1. The van der Waals surface area contributed by atoms with E-state index in [9.17, 15) is 8.42 Å². The standard InChI is InChI=1S/C25H35N7O2S/c1-3-31(4-2)16-8-18-35(33,34)30-22(13-11-20-9-6-5-7-10-20)25-27-24(28-29-25)21-12-14-23-26-15-17-32(23)19-21/h5-7,9-10,12,14-15,17,22,28,30H,3-4,8,11,13,16,18-19H2,1-2H3,(H,27,29)/t22-/m1/s1. The summed E-state index contributed by atoms with van der Waals surface area (Å²) in [5.74, 6) is 2.27. The number of aromatic nitrogens is 2. The number of nitrogens with zero attached hydrogens (tertiary/aromatic N) is 4. The second-order valence-corrected chi connectivity index (χ2v) is 10.6. The molecule has 0 radical (unpaired) electrons. The van der Waals surface area contributed by atoms with E-state index >= 15 is 0 Å². The molecule has 0 aliphatic carbocycles. The van der Waals surface area contributed by atoms with E-state index in [1.807, 2.05) is 41.1 Å². The smallest absolute Gasteiger partial charge is 0.212 e. The lowest BCUT2D eigenvalue weighted by molar-refractivity contribution is 0.305. The molecule has 1 aromatic heterocycles. The summed E-state index contributed by atoms with van der Waals surface area (Å²) in [6.07, 6.45) is 9.57. The molecule has 0 unspecified atom stereocenters. The molecule has 0 saturated carbocycles. The molecule has 2 aliphatic heterocycles. The van der Waals surface area contributed by atoms with Crippen LogP contribution in [0.1, 0.15) is 38.1 Å². The zero-order valence-electron chi connectivity index (χ0n) is 20.4. The number of hydrogen-bond donors (Lipinski definition) is 3.